The normalized spacial score (nSPS) is 11.8. The molecule has 0 amide bonds. The van der Waals surface area contributed by atoms with Gasteiger partial charge in [0.2, 0.25) is 0 Å². The summed E-state index contributed by atoms with van der Waals surface area (Å²) in [5.74, 6) is 0.818. The van der Waals surface area contributed by atoms with Crippen molar-refractivity contribution < 1.29 is 9.47 Å². The molecule has 2 N–H and O–H groups in total. The van der Waals surface area contributed by atoms with Gasteiger partial charge in [-0.1, -0.05) is 37.6 Å². The lowest BCUT2D eigenvalue weighted by molar-refractivity contribution is 0.0487. The number of unbranched alkanes of at least 4 members (excludes halogenated alkanes) is 1. The van der Waals surface area contributed by atoms with Crippen LogP contribution in [0.15, 0.2) is 29.3 Å². The molecule has 1 aromatic rings. The van der Waals surface area contributed by atoms with E-state index in [9.17, 15) is 0 Å². The summed E-state index contributed by atoms with van der Waals surface area (Å²) in [7, 11) is 4.16. The fourth-order valence-electron chi connectivity index (χ4n) is 2.51. The topological polar surface area (TPSA) is 58.1 Å². The molecule has 0 bridgehead atoms. The molecular weight excluding hydrogens is 340 g/mol. The summed E-state index contributed by atoms with van der Waals surface area (Å²) in [4.78, 5) is 6.84. The van der Waals surface area contributed by atoms with Crippen molar-refractivity contribution in [2.75, 3.05) is 53.6 Å². The Labute approximate surface area is 165 Å². The van der Waals surface area contributed by atoms with Gasteiger partial charge in [-0.25, -0.2) is 4.99 Å². The molecular formula is C21H38N4O2. The van der Waals surface area contributed by atoms with Crippen LogP contribution >= 0.6 is 0 Å². The summed E-state index contributed by atoms with van der Waals surface area (Å²) in [6.07, 6.45) is 2.28. The largest absolute Gasteiger partial charge is 0.379 e. The van der Waals surface area contributed by atoms with Crippen molar-refractivity contribution in [2.24, 2.45) is 4.99 Å². The minimum atomic E-state index is 0.637. The Bertz CT molecular complexity index is 521. The maximum atomic E-state index is 5.58. The third-order valence-corrected chi connectivity index (χ3v) is 3.81. The van der Waals surface area contributed by atoms with Crippen LogP contribution < -0.4 is 10.6 Å². The molecule has 0 aromatic heterocycles. The van der Waals surface area contributed by atoms with Gasteiger partial charge in [-0.15, -0.1) is 0 Å². The van der Waals surface area contributed by atoms with Crippen LogP contribution in [0, 0.1) is 0 Å². The number of hydrogen-bond acceptors (Lipinski definition) is 4. The molecule has 0 aliphatic carbocycles. The molecule has 0 spiro atoms. The third-order valence-electron chi connectivity index (χ3n) is 3.81. The monoisotopic (exact) mass is 378 g/mol. The summed E-state index contributed by atoms with van der Waals surface area (Å²) >= 11 is 0. The first-order valence-corrected chi connectivity index (χ1v) is 10.1. The van der Waals surface area contributed by atoms with Gasteiger partial charge in [-0.3, -0.25) is 0 Å². The number of aliphatic imine (C=N–C) groups is 1. The molecule has 0 aliphatic rings. The zero-order chi connectivity index (χ0) is 19.7. The molecule has 0 aliphatic heterocycles. The number of ether oxygens (including phenoxy) is 2. The van der Waals surface area contributed by atoms with Gasteiger partial charge in [0.15, 0.2) is 5.96 Å². The van der Waals surface area contributed by atoms with E-state index in [1.807, 2.05) is 0 Å². The van der Waals surface area contributed by atoms with Crippen molar-refractivity contribution in [3.05, 3.63) is 35.4 Å². The number of guanidine groups is 1. The van der Waals surface area contributed by atoms with Crippen molar-refractivity contribution in [2.45, 2.75) is 39.8 Å². The van der Waals surface area contributed by atoms with E-state index in [0.29, 0.717) is 26.4 Å². The molecule has 154 valence electrons. The molecule has 0 radical (unpaired) electrons. The second-order valence-electron chi connectivity index (χ2n) is 6.76. The summed E-state index contributed by atoms with van der Waals surface area (Å²) in [5, 5.41) is 6.59. The predicted octanol–water partition coefficient (Wildman–Crippen LogP) is 2.64. The van der Waals surface area contributed by atoms with E-state index < -0.39 is 0 Å². The fraction of sp³-hybridized carbons (Fsp3) is 0.667. The quantitative estimate of drug-likeness (QED) is 0.296. The second kappa shape index (κ2) is 15.4. The van der Waals surface area contributed by atoms with Crippen LogP contribution in [-0.4, -0.2) is 64.5 Å². The van der Waals surface area contributed by atoms with Crippen LogP contribution in [0.3, 0.4) is 0 Å². The molecule has 0 heterocycles. The van der Waals surface area contributed by atoms with Crippen LogP contribution in [0.1, 0.15) is 37.8 Å². The Kier molecular flexibility index (Phi) is 13.4. The van der Waals surface area contributed by atoms with Crippen LogP contribution in [-0.2, 0) is 22.6 Å². The molecule has 6 nitrogen and oxygen atoms in total. The first-order valence-electron chi connectivity index (χ1n) is 10.1. The van der Waals surface area contributed by atoms with Gasteiger partial charge in [0.25, 0.3) is 0 Å². The van der Waals surface area contributed by atoms with Crippen molar-refractivity contribution in [1.82, 2.24) is 15.5 Å². The smallest absolute Gasteiger partial charge is 0.191 e. The number of hydrogen-bond donors (Lipinski definition) is 2. The highest BCUT2D eigenvalue weighted by Gasteiger charge is 2.00. The average molecular weight is 379 g/mol. The highest BCUT2D eigenvalue weighted by atomic mass is 16.5. The van der Waals surface area contributed by atoms with Crippen LogP contribution in [0.25, 0.3) is 0 Å². The van der Waals surface area contributed by atoms with Crippen molar-refractivity contribution in [3.63, 3.8) is 0 Å². The maximum absolute atomic E-state index is 5.58. The molecule has 1 aromatic carbocycles. The zero-order valence-electron chi connectivity index (χ0n) is 17.6. The van der Waals surface area contributed by atoms with Crippen molar-refractivity contribution in [1.29, 1.82) is 0 Å². The summed E-state index contributed by atoms with van der Waals surface area (Å²) < 4.78 is 11.1. The highest BCUT2D eigenvalue weighted by Crippen LogP contribution is 2.08. The first-order chi connectivity index (χ1) is 13.2. The lowest BCUT2D eigenvalue weighted by Gasteiger charge is -2.12. The maximum Gasteiger partial charge on any atom is 0.191 e. The lowest BCUT2D eigenvalue weighted by atomic mass is 10.1. The third kappa shape index (κ3) is 12.4. The Hall–Kier alpha value is -1.63. The van der Waals surface area contributed by atoms with Crippen LogP contribution in [0.4, 0.5) is 0 Å². The Morgan fingerprint density at radius 2 is 1.74 bits per heavy atom. The second-order valence-corrected chi connectivity index (χ2v) is 6.76. The number of benzene rings is 1. The van der Waals surface area contributed by atoms with Gasteiger partial charge in [0.1, 0.15) is 0 Å². The predicted molar refractivity (Wildman–Crippen MR) is 113 cm³/mol. The molecule has 27 heavy (non-hydrogen) atoms. The standard InChI is InChI=1S/C21H38N4O2/c1-5-7-12-26-14-15-27-13-11-23-21(22-6-2)24-17-19-9-8-10-20(16-19)18-25(3)4/h8-10,16H,5-7,11-15,17-18H2,1-4H3,(H2,22,23,24). The van der Waals surface area contributed by atoms with Gasteiger partial charge in [0, 0.05) is 26.2 Å². The SMILES string of the molecule is CCCCOCCOCCNC(=NCc1cccc(CN(C)C)c1)NCC. The van der Waals surface area contributed by atoms with E-state index in [0.717, 1.165) is 45.0 Å². The lowest BCUT2D eigenvalue weighted by Crippen LogP contribution is -2.39. The minimum Gasteiger partial charge on any atom is -0.379 e. The molecule has 0 unspecified atom stereocenters. The van der Waals surface area contributed by atoms with Gasteiger partial charge in [0.05, 0.1) is 26.4 Å². The summed E-state index contributed by atoms with van der Waals surface area (Å²) in [6.45, 7) is 10.1. The Morgan fingerprint density at radius 3 is 2.44 bits per heavy atom. The summed E-state index contributed by atoms with van der Waals surface area (Å²) in [5.41, 5.74) is 2.52. The summed E-state index contributed by atoms with van der Waals surface area (Å²) in [6, 6.07) is 8.59. The number of nitrogens with one attached hydrogen (secondary N) is 2. The van der Waals surface area contributed by atoms with E-state index in [4.69, 9.17) is 9.47 Å². The van der Waals surface area contributed by atoms with Gasteiger partial charge in [-0.05, 0) is 38.6 Å². The molecule has 0 saturated carbocycles. The average Bonchev–Trinajstić information content (AvgIpc) is 2.64. The zero-order valence-corrected chi connectivity index (χ0v) is 17.6. The van der Waals surface area contributed by atoms with Gasteiger partial charge in [-0.2, -0.15) is 0 Å². The highest BCUT2D eigenvalue weighted by molar-refractivity contribution is 5.79. The Balaban J connectivity index is 2.31. The van der Waals surface area contributed by atoms with E-state index in [-0.39, 0.29) is 0 Å². The van der Waals surface area contributed by atoms with Crippen LogP contribution in [0.5, 0.6) is 0 Å². The van der Waals surface area contributed by atoms with E-state index in [2.05, 4.69) is 72.7 Å². The fourth-order valence-corrected chi connectivity index (χ4v) is 2.51. The number of nitrogens with zero attached hydrogens (tertiary/aromatic N) is 2. The molecule has 0 fully saturated rings. The number of rotatable bonds is 14. The van der Waals surface area contributed by atoms with Crippen molar-refractivity contribution in [3.8, 4) is 0 Å². The van der Waals surface area contributed by atoms with Crippen LogP contribution in [0.2, 0.25) is 0 Å². The van der Waals surface area contributed by atoms with E-state index in [1.54, 1.807) is 0 Å². The van der Waals surface area contributed by atoms with E-state index >= 15 is 0 Å². The van der Waals surface area contributed by atoms with Crippen molar-refractivity contribution >= 4 is 5.96 Å². The van der Waals surface area contributed by atoms with E-state index in [1.165, 1.54) is 11.1 Å². The molecule has 0 atom stereocenters. The molecule has 1 rings (SSSR count). The first kappa shape index (κ1) is 23.4. The minimum absolute atomic E-state index is 0.637. The van der Waals surface area contributed by atoms with Gasteiger partial charge < -0.3 is 25.0 Å². The van der Waals surface area contributed by atoms with Gasteiger partial charge >= 0.3 is 0 Å². The molecule has 0 saturated heterocycles. The Morgan fingerprint density at radius 1 is 1.00 bits per heavy atom. The molecule has 6 heteroatoms.